The van der Waals surface area contributed by atoms with E-state index in [2.05, 4.69) is 44.0 Å². The number of aromatic hydroxyl groups is 1. The minimum absolute atomic E-state index is 0.282. The lowest BCUT2D eigenvalue weighted by molar-refractivity contribution is 0.478. The maximum absolute atomic E-state index is 10.4. The van der Waals surface area contributed by atoms with E-state index < -0.39 is 0 Å². The van der Waals surface area contributed by atoms with Crippen LogP contribution in [0.3, 0.4) is 0 Å². The molecule has 0 fully saturated rings. The summed E-state index contributed by atoms with van der Waals surface area (Å²) in [6.07, 6.45) is 2.99. The SMILES string of the molecule is CC(C)CC(C)c1ccnc(-c2cc3ccccc3cc2O)c1. The van der Waals surface area contributed by atoms with Gasteiger partial charge < -0.3 is 5.11 Å². The molecule has 0 radical (unpaired) electrons. The number of aromatic nitrogens is 1. The highest BCUT2D eigenvalue weighted by atomic mass is 16.3. The van der Waals surface area contributed by atoms with E-state index in [9.17, 15) is 5.11 Å². The smallest absolute Gasteiger partial charge is 0.125 e. The Bertz CT molecular complexity index is 823. The summed E-state index contributed by atoms with van der Waals surface area (Å²) in [5.74, 6) is 1.43. The highest BCUT2D eigenvalue weighted by Crippen LogP contribution is 2.34. The standard InChI is InChI=1S/C21H23NO/c1-14(2)10-15(3)16-8-9-22-20(12-16)19-11-17-6-4-5-7-18(17)13-21(19)23/h4-9,11-15,23H,10H2,1-3H3. The third kappa shape index (κ3) is 3.37. The number of phenolic OH excluding ortho intramolecular Hbond substituents is 1. The molecule has 2 nitrogen and oxygen atoms in total. The molecule has 1 heterocycles. The van der Waals surface area contributed by atoms with Crippen LogP contribution >= 0.6 is 0 Å². The van der Waals surface area contributed by atoms with Crippen molar-refractivity contribution in [2.75, 3.05) is 0 Å². The minimum atomic E-state index is 0.282. The van der Waals surface area contributed by atoms with Gasteiger partial charge in [-0.1, -0.05) is 45.0 Å². The summed E-state index contributed by atoms with van der Waals surface area (Å²) in [6, 6.07) is 16.1. The third-order valence-electron chi connectivity index (χ3n) is 4.32. The van der Waals surface area contributed by atoms with Crippen molar-refractivity contribution in [3.05, 3.63) is 60.3 Å². The third-order valence-corrected chi connectivity index (χ3v) is 4.32. The Morgan fingerprint density at radius 1 is 0.957 bits per heavy atom. The highest BCUT2D eigenvalue weighted by Gasteiger charge is 2.12. The van der Waals surface area contributed by atoms with Crippen LogP contribution in [-0.4, -0.2) is 10.1 Å². The first kappa shape index (κ1) is 15.5. The Balaban J connectivity index is 2.03. The van der Waals surface area contributed by atoms with Crippen molar-refractivity contribution < 1.29 is 5.11 Å². The van der Waals surface area contributed by atoms with Crippen LogP contribution in [0.4, 0.5) is 0 Å². The largest absolute Gasteiger partial charge is 0.507 e. The van der Waals surface area contributed by atoms with E-state index in [4.69, 9.17) is 0 Å². The Morgan fingerprint density at radius 3 is 2.35 bits per heavy atom. The van der Waals surface area contributed by atoms with Gasteiger partial charge in [0.25, 0.3) is 0 Å². The Labute approximate surface area is 137 Å². The molecule has 0 bridgehead atoms. The molecular formula is C21H23NO. The van der Waals surface area contributed by atoms with Gasteiger partial charge in [0.2, 0.25) is 0 Å². The lowest BCUT2D eigenvalue weighted by atomic mass is 9.91. The first-order valence-corrected chi connectivity index (χ1v) is 8.22. The van der Waals surface area contributed by atoms with E-state index in [-0.39, 0.29) is 5.75 Å². The van der Waals surface area contributed by atoms with Crippen molar-refractivity contribution in [2.24, 2.45) is 5.92 Å². The van der Waals surface area contributed by atoms with Crippen LogP contribution in [0.2, 0.25) is 0 Å². The fourth-order valence-corrected chi connectivity index (χ4v) is 3.18. The molecule has 3 rings (SSSR count). The molecule has 1 N–H and O–H groups in total. The van der Waals surface area contributed by atoms with E-state index >= 15 is 0 Å². The van der Waals surface area contributed by atoms with Crippen LogP contribution in [0.25, 0.3) is 22.0 Å². The van der Waals surface area contributed by atoms with Crippen LogP contribution in [0, 0.1) is 5.92 Å². The molecule has 118 valence electrons. The molecule has 0 saturated heterocycles. The van der Waals surface area contributed by atoms with Gasteiger partial charge in [0.15, 0.2) is 0 Å². The Hall–Kier alpha value is -2.35. The van der Waals surface area contributed by atoms with E-state index in [0.717, 1.165) is 28.5 Å². The lowest BCUT2D eigenvalue weighted by Gasteiger charge is -2.15. The lowest BCUT2D eigenvalue weighted by Crippen LogP contribution is -1.99. The number of pyridine rings is 1. The fourth-order valence-electron chi connectivity index (χ4n) is 3.18. The quantitative estimate of drug-likeness (QED) is 0.665. The van der Waals surface area contributed by atoms with Gasteiger partial charge in [-0.15, -0.1) is 0 Å². The summed E-state index contributed by atoms with van der Waals surface area (Å²) < 4.78 is 0. The molecule has 2 aromatic carbocycles. The topological polar surface area (TPSA) is 33.1 Å². The van der Waals surface area contributed by atoms with Crippen molar-refractivity contribution in [1.82, 2.24) is 4.98 Å². The average Bonchev–Trinajstić information content (AvgIpc) is 2.53. The first-order valence-electron chi connectivity index (χ1n) is 8.22. The summed E-state index contributed by atoms with van der Waals surface area (Å²) in [4.78, 5) is 4.48. The van der Waals surface area contributed by atoms with E-state index in [1.807, 2.05) is 36.5 Å². The van der Waals surface area contributed by atoms with Crippen LogP contribution in [0.5, 0.6) is 5.75 Å². The second-order valence-electron chi connectivity index (χ2n) is 6.72. The zero-order chi connectivity index (χ0) is 16.4. The molecule has 23 heavy (non-hydrogen) atoms. The zero-order valence-corrected chi connectivity index (χ0v) is 14.0. The molecular weight excluding hydrogens is 282 g/mol. The van der Waals surface area contributed by atoms with Gasteiger partial charge in [-0.2, -0.15) is 0 Å². The van der Waals surface area contributed by atoms with Crippen molar-refractivity contribution in [2.45, 2.75) is 33.1 Å². The monoisotopic (exact) mass is 305 g/mol. The number of rotatable bonds is 4. The predicted molar refractivity (Wildman–Crippen MR) is 96.7 cm³/mol. The molecule has 0 amide bonds. The molecule has 1 atom stereocenters. The number of fused-ring (bicyclic) bond motifs is 1. The van der Waals surface area contributed by atoms with Crippen molar-refractivity contribution in [3.8, 4) is 17.0 Å². The molecule has 1 aromatic heterocycles. The van der Waals surface area contributed by atoms with Gasteiger partial charge in [0.05, 0.1) is 5.69 Å². The summed E-state index contributed by atoms with van der Waals surface area (Å²) >= 11 is 0. The molecule has 0 aliphatic rings. The van der Waals surface area contributed by atoms with Gasteiger partial charge in [0.1, 0.15) is 5.75 Å². The fraction of sp³-hybridized carbons (Fsp3) is 0.286. The molecule has 2 heteroatoms. The van der Waals surface area contributed by atoms with Crippen molar-refractivity contribution in [1.29, 1.82) is 0 Å². The number of hydrogen-bond acceptors (Lipinski definition) is 2. The summed E-state index contributed by atoms with van der Waals surface area (Å²) in [5.41, 5.74) is 2.90. The minimum Gasteiger partial charge on any atom is -0.507 e. The van der Waals surface area contributed by atoms with Crippen LogP contribution in [0.15, 0.2) is 54.7 Å². The molecule has 0 aliphatic carbocycles. The molecule has 1 unspecified atom stereocenters. The number of phenols is 1. The Morgan fingerprint density at radius 2 is 1.65 bits per heavy atom. The van der Waals surface area contributed by atoms with Gasteiger partial charge >= 0.3 is 0 Å². The van der Waals surface area contributed by atoms with Crippen molar-refractivity contribution >= 4 is 10.8 Å². The van der Waals surface area contributed by atoms with E-state index in [1.165, 1.54) is 5.56 Å². The summed E-state index contributed by atoms with van der Waals surface area (Å²) in [5, 5.41) is 12.6. The average molecular weight is 305 g/mol. The second-order valence-corrected chi connectivity index (χ2v) is 6.72. The normalized spacial score (nSPS) is 12.7. The van der Waals surface area contributed by atoms with Crippen LogP contribution in [-0.2, 0) is 0 Å². The van der Waals surface area contributed by atoms with Crippen LogP contribution < -0.4 is 0 Å². The summed E-state index contributed by atoms with van der Waals surface area (Å²) in [7, 11) is 0. The van der Waals surface area contributed by atoms with Crippen molar-refractivity contribution in [3.63, 3.8) is 0 Å². The highest BCUT2D eigenvalue weighted by molar-refractivity contribution is 5.89. The molecule has 3 aromatic rings. The number of nitrogens with zero attached hydrogens (tertiary/aromatic N) is 1. The molecule has 0 spiro atoms. The Kier molecular flexibility index (Phi) is 4.33. The zero-order valence-electron chi connectivity index (χ0n) is 14.0. The first-order chi connectivity index (χ1) is 11.0. The van der Waals surface area contributed by atoms with Crippen LogP contribution in [0.1, 0.15) is 38.7 Å². The maximum Gasteiger partial charge on any atom is 0.125 e. The second kappa shape index (κ2) is 6.41. The van der Waals surface area contributed by atoms with Gasteiger partial charge in [0, 0.05) is 11.8 Å². The number of hydrogen-bond donors (Lipinski definition) is 1. The van der Waals surface area contributed by atoms with E-state index in [1.54, 1.807) is 0 Å². The summed E-state index contributed by atoms with van der Waals surface area (Å²) in [6.45, 7) is 6.74. The predicted octanol–water partition coefficient (Wildman–Crippen LogP) is 5.76. The van der Waals surface area contributed by atoms with E-state index in [0.29, 0.717) is 11.8 Å². The van der Waals surface area contributed by atoms with Gasteiger partial charge in [-0.25, -0.2) is 0 Å². The van der Waals surface area contributed by atoms with Gasteiger partial charge in [-0.3, -0.25) is 4.98 Å². The molecule has 0 saturated carbocycles. The maximum atomic E-state index is 10.4. The number of benzene rings is 2. The van der Waals surface area contributed by atoms with Gasteiger partial charge in [-0.05, 0) is 58.9 Å². The molecule has 0 aliphatic heterocycles.